The number of aryl methyl sites for hydroxylation is 1. The minimum absolute atomic E-state index is 0. The molecule has 2 heterocycles. The summed E-state index contributed by atoms with van der Waals surface area (Å²) in [5, 5.41) is 0. The van der Waals surface area contributed by atoms with Gasteiger partial charge in [0.2, 0.25) is 0 Å². The lowest BCUT2D eigenvalue weighted by Gasteiger charge is -2.37. The van der Waals surface area contributed by atoms with Crippen molar-refractivity contribution >= 4 is 17.8 Å². The molecule has 0 spiro atoms. The van der Waals surface area contributed by atoms with Crippen molar-refractivity contribution in [3.05, 3.63) is 59.7 Å². The van der Waals surface area contributed by atoms with E-state index in [1.165, 1.54) is 29.8 Å². The zero-order valence-electron chi connectivity index (χ0n) is 17.6. The van der Waals surface area contributed by atoms with E-state index in [-0.39, 0.29) is 11.0 Å². The number of benzene rings is 2. The Morgan fingerprint density at radius 1 is 0.966 bits per heavy atom. The highest BCUT2D eigenvalue weighted by molar-refractivity contribution is 7.98. The lowest BCUT2D eigenvalue weighted by molar-refractivity contribution is 0.371. The molecule has 1 saturated heterocycles. The third kappa shape index (κ3) is 6.23. The van der Waals surface area contributed by atoms with Crippen LogP contribution in [0, 0.1) is 0 Å². The lowest BCUT2D eigenvalue weighted by atomic mass is 9.89. The molecule has 0 aromatic heterocycles. The number of rotatable bonds is 4. The molecule has 2 aliphatic heterocycles. The summed E-state index contributed by atoms with van der Waals surface area (Å²) in [5.74, 6) is 4.59. The van der Waals surface area contributed by atoms with Crippen LogP contribution in [0.1, 0.15) is 50.7 Å². The van der Waals surface area contributed by atoms with E-state index in [9.17, 15) is 0 Å². The fourth-order valence-electron chi connectivity index (χ4n) is 3.57. The SMILES string of the molecule is CC.CCc1ccc(Oc2ccc(C3CCCN4CCSN=C34)cc2)cc1.O.O. The van der Waals surface area contributed by atoms with Crippen molar-refractivity contribution in [1.29, 1.82) is 0 Å². The molecule has 0 bridgehead atoms. The summed E-state index contributed by atoms with van der Waals surface area (Å²) in [7, 11) is 0. The number of piperidine rings is 1. The van der Waals surface area contributed by atoms with Gasteiger partial charge in [0, 0.05) is 24.8 Å². The normalized spacial score (nSPS) is 17.4. The van der Waals surface area contributed by atoms with Gasteiger partial charge in [0.15, 0.2) is 0 Å². The summed E-state index contributed by atoms with van der Waals surface area (Å²) in [6.07, 6.45) is 3.49. The van der Waals surface area contributed by atoms with Crippen LogP contribution < -0.4 is 4.74 Å². The third-order valence-electron chi connectivity index (χ3n) is 5.02. The maximum absolute atomic E-state index is 5.98. The van der Waals surface area contributed by atoms with E-state index in [1.54, 1.807) is 11.9 Å². The largest absolute Gasteiger partial charge is 0.457 e. The number of hydrogen-bond donors (Lipinski definition) is 0. The van der Waals surface area contributed by atoms with Gasteiger partial charge in [-0.25, -0.2) is 4.40 Å². The maximum Gasteiger partial charge on any atom is 0.127 e. The monoisotopic (exact) mass is 418 g/mol. The maximum atomic E-state index is 5.98. The second-order valence-corrected chi connectivity index (χ2v) is 7.48. The van der Waals surface area contributed by atoms with Crippen LogP contribution in [-0.4, -0.2) is 40.5 Å². The average molecular weight is 419 g/mol. The number of amidine groups is 1. The van der Waals surface area contributed by atoms with Crippen molar-refractivity contribution < 1.29 is 15.7 Å². The molecule has 5 nitrogen and oxygen atoms in total. The zero-order valence-corrected chi connectivity index (χ0v) is 18.5. The van der Waals surface area contributed by atoms with E-state index in [0.717, 1.165) is 36.8 Å². The van der Waals surface area contributed by atoms with Crippen LogP contribution in [0.3, 0.4) is 0 Å². The molecule has 160 valence electrons. The van der Waals surface area contributed by atoms with Gasteiger partial charge < -0.3 is 20.6 Å². The summed E-state index contributed by atoms with van der Waals surface area (Å²) in [5.41, 5.74) is 2.68. The van der Waals surface area contributed by atoms with Gasteiger partial charge in [-0.3, -0.25) is 0 Å². The standard InChI is InChI=1S/C21H24N2OS.C2H6.2H2O/c1-2-16-5-9-18(10-6-16)24-19-11-7-17(8-12-19)20-4-3-13-23-14-15-25-22-21(20)23;1-2;;/h5-12,20H,2-4,13-15H2,1H3;1-2H3;2*1H2. The van der Waals surface area contributed by atoms with Gasteiger partial charge in [-0.15, -0.1) is 0 Å². The molecule has 0 aliphatic carbocycles. The van der Waals surface area contributed by atoms with E-state index in [0.29, 0.717) is 5.92 Å². The minimum Gasteiger partial charge on any atom is -0.457 e. The molecule has 1 unspecified atom stereocenters. The van der Waals surface area contributed by atoms with Crippen molar-refractivity contribution in [3.63, 3.8) is 0 Å². The Hall–Kier alpha value is -2.02. The fraction of sp³-hybridized carbons (Fsp3) is 0.435. The molecule has 6 heteroatoms. The fourth-order valence-corrected chi connectivity index (χ4v) is 4.34. The Kier molecular flexibility index (Phi) is 10.8. The van der Waals surface area contributed by atoms with Crippen LogP contribution in [0.5, 0.6) is 11.5 Å². The van der Waals surface area contributed by atoms with E-state index in [4.69, 9.17) is 9.13 Å². The van der Waals surface area contributed by atoms with Gasteiger partial charge in [-0.05, 0) is 66.6 Å². The number of ether oxygens (including phenoxy) is 1. The predicted molar refractivity (Wildman–Crippen MR) is 124 cm³/mol. The minimum atomic E-state index is 0. The van der Waals surface area contributed by atoms with Crippen LogP contribution in [0.4, 0.5) is 0 Å². The van der Waals surface area contributed by atoms with Crippen molar-refractivity contribution in [2.24, 2.45) is 4.40 Å². The van der Waals surface area contributed by atoms with Crippen LogP contribution in [0.25, 0.3) is 0 Å². The highest BCUT2D eigenvalue weighted by atomic mass is 32.2. The first-order valence-corrected chi connectivity index (χ1v) is 11.1. The Labute approximate surface area is 178 Å². The second kappa shape index (κ2) is 12.5. The van der Waals surface area contributed by atoms with Crippen molar-refractivity contribution in [1.82, 2.24) is 4.90 Å². The molecule has 1 atom stereocenters. The van der Waals surface area contributed by atoms with Crippen LogP contribution in [0.15, 0.2) is 52.9 Å². The van der Waals surface area contributed by atoms with Crippen LogP contribution in [-0.2, 0) is 6.42 Å². The van der Waals surface area contributed by atoms with Crippen molar-refractivity contribution in [2.45, 2.75) is 46.0 Å². The first-order valence-electron chi connectivity index (χ1n) is 10.1. The molecule has 4 N–H and O–H groups in total. The highest BCUT2D eigenvalue weighted by Crippen LogP contribution is 2.33. The van der Waals surface area contributed by atoms with E-state index in [1.807, 2.05) is 26.0 Å². The molecule has 4 rings (SSSR count). The summed E-state index contributed by atoms with van der Waals surface area (Å²) >= 11 is 1.71. The van der Waals surface area contributed by atoms with Crippen LogP contribution >= 0.6 is 11.9 Å². The van der Waals surface area contributed by atoms with Gasteiger partial charge in [-0.2, -0.15) is 0 Å². The molecular formula is C23H34N2O3S. The quantitative estimate of drug-likeness (QED) is 0.677. The number of fused-ring (bicyclic) bond motifs is 1. The van der Waals surface area contributed by atoms with Crippen molar-refractivity contribution in [2.75, 3.05) is 18.8 Å². The van der Waals surface area contributed by atoms with Crippen LogP contribution in [0.2, 0.25) is 0 Å². The number of hydrogen-bond acceptors (Lipinski definition) is 4. The van der Waals surface area contributed by atoms with Gasteiger partial charge >= 0.3 is 0 Å². The van der Waals surface area contributed by atoms with Gasteiger partial charge in [0.1, 0.15) is 17.3 Å². The van der Waals surface area contributed by atoms with E-state index >= 15 is 0 Å². The molecule has 2 aromatic carbocycles. The second-order valence-electron chi connectivity index (χ2n) is 6.63. The summed E-state index contributed by atoms with van der Waals surface area (Å²) in [4.78, 5) is 2.46. The predicted octanol–water partition coefficient (Wildman–Crippen LogP) is 4.66. The van der Waals surface area contributed by atoms with Gasteiger partial charge in [0.25, 0.3) is 0 Å². The first kappa shape index (κ1) is 25.0. The molecule has 2 aliphatic rings. The Morgan fingerprint density at radius 2 is 1.59 bits per heavy atom. The topological polar surface area (TPSA) is 87.8 Å². The van der Waals surface area contributed by atoms with E-state index in [2.05, 4.69) is 48.2 Å². The highest BCUT2D eigenvalue weighted by Gasteiger charge is 2.29. The summed E-state index contributed by atoms with van der Waals surface area (Å²) < 4.78 is 10.7. The van der Waals surface area contributed by atoms with Crippen molar-refractivity contribution in [3.8, 4) is 11.5 Å². The molecule has 1 fully saturated rings. The third-order valence-corrected chi connectivity index (χ3v) is 5.70. The smallest absolute Gasteiger partial charge is 0.127 e. The molecule has 0 saturated carbocycles. The lowest BCUT2D eigenvalue weighted by Crippen LogP contribution is -2.42. The molecule has 2 aromatic rings. The summed E-state index contributed by atoms with van der Waals surface area (Å²) in [6.45, 7) is 8.45. The average Bonchev–Trinajstić information content (AvgIpc) is 2.76. The molecule has 0 radical (unpaired) electrons. The van der Waals surface area contributed by atoms with Gasteiger partial charge in [-0.1, -0.05) is 45.0 Å². The zero-order chi connectivity index (χ0) is 19.1. The Balaban J connectivity index is 0.00000102. The molecular weight excluding hydrogens is 384 g/mol. The number of nitrogens with zero attached hydrogens (tertiary/aromatic N) is 2. The first-order chi connectivity index (χ1) is 13.3. The Morgan fingerprint density at radius 3 is 2.21 bits per heavy atom. The summed E-state index contributed by atoms with van der Waals surface area (Å²) in [6, 6.07) is 16.9. The molecule has 0 amide bonds. The molecule has 29 heavy (non-hydrogen) atoms. The van der Waals surface area contributed by atoms with E-state index < -0.39 is 0 Å². The van der Waals surface area contributed by atoms with Gasteiger partial charge in [0.05, 0.1) is 0 Å². The Bertz CT molecular complexity index is 748.